The van der Waals surface area contributed by atoms with Gasteiger partial charge in [0.1, 0.15) is 11.9 Å². The van der Waals surface area contributed by atoms with E-state index in [4.69, 9.17) is 9.72 Å². The molecule has 1 aromatic carbocycles. The van der Waals surface area contributed by atoms with Crippen LogP contribution in [0.4, 0.5) is 0 Å². The van der Waals surface area contributed by atoms with Crippen LogP contribution in [0.5, 0.6) is 0 Å². The molecule has 0 aliphatic carbocycles. The molecule has 1 saturated heterocycles. The van der Waals surface area contributed by atoms with Crippen LogP contribution in [-0.4, -0.2) is 55.2 Å². The fourth-order valence-corrected chi connectivity index (χ4v) is 4.53. The summed E-state index contributed by atoms with van der Waals surface area (Å²) in [5, 5.41) is 22.0. The van der Waals surface area contributed by atoms with Crippen molar-refractivity contribution >= 4 is 17.0 Å². The van der Waals surface area contributed by atoms with E-state index < -0.39 is 18.1 Å². The lowest BCUT2D eigenvalue weighted by atomic mass is 10.1. The quantitative estimate of drug-likeness (QED) is 0.464. The lowest BCUT2D eigenvalue weighted by Gasteiger charge is -2.24. The maximum Gasteiger partial charge on any atom is 0.323 e. The summed E-state index contributed by atoms with van der Waals surface area (Å²) in [6, 6.07) is 6.63. The number of nitrogens with one attached hydrogen (secondary N) is 1. The van der Waals surface area contributed by atoms with Crippen molar-refractivity contribution < 1.29 is 19.7 Å². The van der Waals surface area contributed by atoms with Crippen LogP contribution in [0.25, 0.3) is 22.4 Å². The van der Waals surface area contributed by atoms with Crippen LogP contribution in [0, 0.1) is 6.92 Å². The van der Waals surface area contributed by atoms with Crippen molar-refractivity contribution in [2.75, 3.05) is 6.61 Å². The number of aliphatic hydroxyl groups excluding tert-OH is 1. The van der Waals surface area contributed by atoms with Gasteiger partial charge in [-0.2, -0.15) is 0 Å². The summed E-state index contributed by atoms with van der Waals surface area (Å²) in [6.45, 7) is 4.92. The van der Waals surface area contributed by atoms with E-state index in [1.807, 2.05) is 24.3 Å². The predicted molar refractivity (Wildman–Crippen MR) is 129 cm³/mol. The molecule has 0 amide bonds. The third-order valence-electron chi connectivity index (χ3n) is 6.37. The van der Waals surface area contributed by atoms with Crippen molar-refractivity contribution in [3.8, 4) is 11.4 Å². The van der Waals surface area contributed by atoms with Crippen LogP contribution in [-0.2, 0) is 29.7 Å². The number of carboxylic acids is 1. The fraction of sp³-hybridized carbons (Fsp3) is 0.480. The normalized spacial score (nSPS) is 18.2. The molecule has 4 rings (SSSR count). The van der Waals surface area contributed by atoms with Crippen molar-refractivity contribution in [1.82, 2.24) is 19.4 Å². The molecule has 9 nitrogen and oxygen atoms in total. The highest BCUT2D eigenvalue weighted by Gasteiger charge is 2.23. The van der Waals surface area contributed by atoms with Crippen LogP contribution in [0.1, 0.15) is 37.3 Å². The van der Waals surface area contributed by atoms with Crippen molar-refractivity contribution in [2.45, 2.75) is 64.4 Å². The first-order chi connectivity index (χ1) is 16.2. The van der Waals surface area contributed by atoms with Gasteiger partial charge in [0.2, 0.25) is 0 Å². The maximum absolute atomic E-state index is 12.2. The molecule has 0 saturated carbocycles. The monoisotopic (exact) mass is 468 g/mol. The molecule has 1 fully saturated rings. The molecule has 3 N–H and O–H groups in total. The molecule has 182 valence electrons. The zero-order valence-electron chi connectivity index (χ0n) is 19.8. The first kappa shape index (κ1) is 24.1. The Morgan fingerprint density at radius 3 is 2.76 bits per heavy atom. The molecule has 2 aromatic heterocycles. The van der Waals surface area contributed by atoms with Crippen molar-refractivity contribution in [1.29, 1.82) is 0 Å². The molecular formula is C25H32N4O5. The number of benzene rings is 1. The van der Waals surface area contributed by atoms with Crippen LogP contribution >= 0.6 is 0 Å². The Bertz CT molecular complexity index is 1210. The Kier molecular flexibility index (Phi) is 7.16. The van der Waals surface area contributed by atoms with Crippen LogP contribution in [0.2, 0.25) is 0 Å². The average molecular weight is 469 g/mol. The summed E-state index contributed by atoms with van der Waals surface area (Å²) in [7, 11) is 1.74. The van der Waals surface area contributed by atoms with Gasteiger partial charge in [-0.15, -0.1) is 0 Å². The number of carboxylic acid groups (broad SMARTS) is 1. The Morgan fingerprint density at radius 1 is 1.32 bits per heavy atom. The zero-order valence-corrected chi connectivity index (χ0v) is 19.8. The van der Waals surface area contributed by atoms with E-state index in [1.165, 1.54) is 6.92 Å². The molecule has 0 radical (unpaired) electrons. The molecule has 1 aliphatic heterocycles. The number of ether oxygens (including phenoxy) is 1. The average Bonchev–Trinajstić information content (AvgIpc) is 3.15. The predicted octanol–water partition coefficient (Wildman–Crippen LogP) is 2.20. The molecular weight excluding hydrogens is 436 g/mol. The van der Waals surface area contributed by atoms with Crippen LogP contribution < -0.4 is 10.9 Å². The van der Waals surface area contributed by atoms with Gasteiger partial charge in [0.15, 0.2) is 0 Å². The van der Waals surface area contributed by atoms with E-state index in [1.54, 1.807) is 24.7 Å². The number of carbonyl (C=O) groups is 1. The molecule has 1 aliphatic rings. The third-order valence-corrected chi connectivity index (χ3v) is 6.37. The zero-order chi connectivity index (χ0) is 24.4. The molecule has 3 heterocycles. The van der Waals surface area contributed by atoms with E-state index in [0.29, 0.717) is 12.1 Å². The van der Waals surface area contributed by atoms with E-state index in [-0.39, 0.29) is 18.2 Å². The Balaban J connectivity index is 1.75. The molecule has 3 atom stereocenters. The Labute approximate surface area is 198 Å². The van der Waals surface area contributed by atoms with E-state index in [9.17, 15) is 19.8 Å². The number of aliphatic carboxylic acids is 1. The number of pyridine rings is 1. The minimum atomic E-state index is -1.09. The number of hydrogen-bond donors (Lipinski definition) is 3. The van der Waals surface area contributed by atoms with E-state index >= 15 is 0 Å². The first-order valence-electron chi connectivity index (χ1n) is 11.7. The number of rotatable bonds is 8. The van der Waals surface area contributed by atoms with Gasteiger partial charge in [-0.05, 0) is 56.9 Å². The highest BCUT2D eigenvalue weighted by Crippen LogP contribution is 2.28. The smallest absolute Gasteiger partial charge is 0.323 e. The summed E-state index contributed by atoms with van der Waals surface area (Å²) in [6.07, 6.45) is 4.02. The largest absolute Gasteiger partial charge is 0.480 e. The van der Waals surface area contributed by atoms with Gasteiger partial charge in [-0.25, -0.2) is 4.98 Å². The van der Waals surface area contributed by atoms with E-state index in [2.05, 4.69) is 9.88 Å². The van der Waals surface area contributed by atoms with E-state index in [0.717, 1.165) is 53.9 Å². The SMILES string of the molecule is Cc1cc(-c2nc3ccc(CNC(C(=O)O)C(C)O)cc3n2C[C@H]2CCCCO2)cn(C)c1=O. The third kappa shape index (κ3) is 5.06. The van der Waals surface area contributed by atoms with Crippen LogP contribution in [0.15, 0.2) is 35.3 Å². The fourth-order valence-electron chi connectivity index (χ4n) is 4.53. The van der Waals surface area contributed by atoms with Gasteiger partial charge < -0.3 is 24.1 Å². The van der Waals surface area contributed by atoms with Crippen LogP contribution in [0.3, 0.4) is 0 Å². The lowest BCUT2D eigenvalue weighted by molar-refractivity contribution is -0.142. The minimum absolute atomic E-state index is 0.0403. The Morgan fingerprint density at radius 2 is 2.12 bits per heavy atom. The number of nitrogens with zero attached hydrogens (tertiary/aromatic N) is 3. The highest BCUT2D eigenvalue weighted by molar-refractivity contribution is 5.81. The second-order valence-electron chi connectivity index (χ2n) is 9.12. The summed E-state index contributed by atoms with van der Waals surface area (Å²) >= 11 is 0. The maximum atomic E-state index is 12.2. The van der Waals surface area contributed by atoms with Gasteiger partial charge in [0, 0.05) is 37.5 Å². The van der Waals surface area contributed by atoms with Gasteiger partial charge in [0.05, 0.1) is 29.8 Å². The summed E-state index contributed by atoms with van der Waals surface area (Å²) in [5.41, 5.74) is 4.07. The van der Waals surface area contributed by atoms with Crippen molar-refractivity contribution in [2.24, 2.45) is 7.05 Å². The molecule has 34 heavy (non-hydrogen) atoms. The van der Waals surface area contributed by atoms with Gasteiger partial charge >= 0.3 is 5.97 Å². The summed E-state index contributed by atoms with van der Waals surface area (Å²) < 4.78 is 9.72. The number of imidazole rings is 1. The van der Waals surface area contributed by atoms with Crippen molar-refractivity contribution in [3.05, 3.63) is 51.9 Å². The second kappa shape index (κ2) is 10.1. The number of hydrogen-bond acceptors (Lipinski definition) is 6. The first-order valence-corrected chi connectivity index (χ1v) is 11.7. The Hall–Kier alpha value is -3.01. The summed E-state index contributed by atoms with van der Waals surface area (Å²) in [5.74, 6) is -0.330. The lowest BCUT2D eigenvalue weighted by Crippen LogP contribution is -2.44. The molecule has 0 bridgehead atoms. The number of fused-ring (bicyclic) bond motifs is 1. The number of aliphatic hydroxyl groups is 1. The number of aromatic nitrogens is 3. The van der Waals surface area contributed by atoms with Gasteiger partial charge in [-0.1, -0.05) is 6.07 Å². The topological polar surface area (TPSA) is 119 Å². The highest BCUT2D eigenvalue weighted by atomic mass is 16.5. The number of aryl methyl sites for hydroxylation is 2. The molecule has 3 aromatic rings. The molecule has 9 heteroatoms. The van der Waals surface area contributed by atoms with Crippen molar-refractivity contribution in [3.63, 3.8) is 0 Å². The summed E-state index contributed by atoms with van der Waals surface area (Å²) in [4.78, 5) is 28.5. The molecule has 0 spiro atoms. The minimum Gasteiger partial charge on any atom is -0.480 e. The van der Waals surface area contributed by atoms with Gasteiger partial charge in [0.25, 0.3) is 5.56 Å². The van der Waals surface area contributed by atoms with Gasteiger partial charge in [-0.3, -0.25) is 14.9 Å². The second-order valence-corrected chi connectivity index (χ2v) is 9.12. The standard InChI is InChI=1S/C25H32N4O5/c1-15-10-18(13-28(3)24(15)31)23-27-20-8-7-17(12-26-22(16(2)30)25(32)33)11-21(20)29(23)14-19-6-4-5-9-34-19/h7-8,10-11,13,16,19,22,26,30H,4-6,9,12,14H2,1-3H3,(H,32,33)/t16?,19-,22?/m1/s1. The molecule has 2 unspecified atom stereocenters.